The topological polar surface area (TPSA) is 47.3 Å². The maximum absolute atomic E-state index is 9.39. The molecule has 4 nitrogen and oxygen atoms in total. The Morgan fingerprint density at radius 1 is 1.44 bits per heavy atom. The van der Waals surface area contributed by atoms with Gasteiger partial charge in [0, 0.05) is 14.2 Å². The van der Waals surface area contributed by atoms with Gasteiger partial charge in [0.15, 0.2) is 0 Å². The van der Waals surface area contributed by atoms with Crippen molar-refractivity contribution < 1.29 is 9.84 Å². The van der Waals surface area contributed by atoms with E-state index in [2.05, 4.69) is 4.98 Å². The molecular formula is C12H20N2O2. The van der Waals surface area contributed by atoms with E-state index in [0.29, 0.717) is 5.92 Å². The van der Waals surface area contributed by atoms with Crippen molar-refractivity contribution in [2.45, 2.75) is 38.2 Å². The van der Waals surface area contributed by atoms with Gasteiger partial charge in [0.25, 0.3) is 0 Å². The Labute approximate surface area is 96.3 Å². The number of rotatable bonds is 3. The smallest absolute Gasteiger partial charge is 0.229 e. The highest BCUT2D eigenvalue weighted by Crippen LogP contribution is 2.36. The van der Waals surface area contributed by atoms with Gasteiger partial charge in [-0.05, 0) is 18.8 Å². The summed E-state index contributed by atoms with van der Waals surface area (Å²) in [5, 5.41) is 9.39. The van der Waals surface area contributed by atoms with E-state index in [-0.39, 0.29) is 12.0 Å². The van der Waals surface area contributed by atoms with E-state index in [9.17, 15) is 5.11 Å². The summed E-state index contributed by atoms with van der Waals surface area (Å²) in [5.74, 6) is 1.46. The summed E-state index contributed by atoms with van der Waals surface area (Å²) in [6.07, 6.45) is 7.94. The van der Waals surface area contributed by atoms with Crippen LogP contribution in [-0.4, -0.2) is 21.8 Å². The van der Waals surface area contributed by atoms with Gasteiger partial charge in [0.1, 0.15) is 11.9 Å². The SMILES string of the molecule is COC(c1nc(O)cn1C)C1CCCCC1. The van der Waals surface area contributed by atoms with Crippen molar-refractivity contribution >= 4 is 0 Å². The van der Waals surface area contributed by atoms with Crippen LogP contribution in [0.15, 0.2) is 6.20 Å². The predicted octanol–water partition coefficient (Wildman–Crippen LogP) is 2.39. The van der Waals surface area contributed by atoms with Gasteiger partial charge >= 0.3 is 0 Å². The highest BCUT2D eigenvalue weighted by atomic mass is 16.5. The van der Waals surface area contributed by atoms with Crippen molar-refractivity contribution in [3.8, 4) is 5.88 Å². The van der Waals surface area contributed by atoms with Crippen LogP contribution >= 0.6 is 0 Å². The van der Waals surface area contributed by atoms with Crippen LogP contribution in [-0.2, 0) is 11.8 Å². The molecule has 0 aromatic carbocycles. The third-order valence-corrected chi connectivity index (χ3v) is 3.49. The van der Waals surface area contributed by atoms with Crippen LogP contribution in [0.25, 0.3) is 0 Å². The van der Waals surface area contributed by atoms with Crippen molar-refractivity contribution in [1.82, 2.24) is 9.55 Å². The molecule has 1 aliphatic carbocycles. The molecule has 0 amide bonds. The first-order chi connectivity index (χ1) is 7.72. The molecule has 90 valence electrons. The van der Waals surface area contributed by atoms with Crippen molar-refractivity contribution in [2.24, 2.45) is 13.0 Å². The van der Waals surface area contributed by atoms with Crippen molar-refractivity contribution in [3.63, 3.8) is 0 Å². The van der Waals surface area contributed by atoms with Gasteiger partial charge in [-0.25, -0.2) is 0 Å². The number of methoxy groups -OCH3 is 1. The number of aromatic nitrogens is 2. The Kier molecular flexibility index (Phi) is 3.49. The maximum Gasteiger partial charge on any atom is 0.229 e. The second-order valence-corrected chi connectivity index (χ2v) is 4.62. The summed E-state index contributed by atoms with van der Waals surface area (Å²) in [6.45, 7) is 0. The van der Waals surface area contributed by atoms with E-state index >= 15 is 0 Å². The summed E-state index contributed by atoms with van der Waals surface area (Å²) in [5.41, 5.74) is 0. The Morgan fingerprint density at radius 2 is 2.12 bits per heavy atom. The highest BCUT2D eigenvalue weighted by molar-refractivity contribution is 5.10. The molecule has 1 fully saturated rings. The molecule has 4 heteroatoms. The molecule has 0 bridgehead atoms. The lowest BCUT2D eigenvalue weighted by molar-refractivity contribution is 0.0269. The Bertz CT molecular complexity index is 343. The molecule has 1 aliphatic rings. The van der Waals surface area contributed by atoms with Crippen LogP contribution in [0.1, 0.15) is 44.0 Å². The molecule has 1 unspecified atom stereocenters. The molecule has 1 heterocycles. The summed E-state index contributed by atoms with van der Waals surface area (Å²) < 4.78 is 7.43. The summed E-state index contributed by atoms with van der Waals surface area (Å²) in [7, 11) is 3.63. The first-order valence-electron chi connectivity index (χ1n) is 5.97. The molecule has 1 aromatic rings. The summed E-state index contributed by atoms with van der Waals surface area (Å²) >= 11 is 0. The van der Waals surface area contributed by atoms with E-state index in [1.165, 1.54) is 32.1 Å². The van der Waals surface area contributed by atoms with Crippen LogP contribution in [0, 0.1) is 5.92 Å². The summed E-state index contributed by atoms with van der Waals surface area (Å²) in [4.78, 5) is 4.15. The van der Waals surface area contributed by atoms with Gasteiger partial charge in [-0.2, -0.15) is 4.98 Å². The molecule has 0 saturated heterocycles. The number of aryl methyl sites for hydroxylation is 1. The second kappa shape index (κ2) is 4.87. The average molecular weight is 224 g/mol. The number of ether oxygens (including phenoxy) is 1. The van der Waals surface area contributed by atoms with E-state index in [0.717, 1.165) is 5.82 Å². The monoisotopic (exact) mass is 224 g/mol. The van der Waals surface area contributed by atoms with Gasteiger partial charge < -0.3 is 14.4 Å². The summed E-state index contributed by atoms with van der Waals surface area (Å²) in [6, 6.07) is 0. The minimum atomic E-state index is 0.0196. The third-order valence-electron chi connectivity index (χ3n) is 3.49. The first-order valence-corrected chi connectivity index (χ1v) is 5.97. The molecule has 0 spiro atoms. The van der Waals surface area contributed by atoms with Crippen LogP contribution in [0.2, 0.25) is 0 Å². The minimum absolute atomic E-state index is 0.0196. The molecule has 0 aliphatic heterocycles. The van der Waals surface area contributed by atoms with Crippen molar-refractivity contribution in [1.29, 1.82) is 0 Å². The standard InChI is InChI=1S/C12H20N2O2/c1-14-8-10(15)13-12(14)11(16-2)9-6-4-3-5-7-9/h8-9,11,15H,3-7H2,1-2H3. The Morgan fingerprint density at radius 3 is 2.62 bits per heavy atom. The zero-order valence-electron chi connectivity index (χ0n) is 10.0. The lowest BCUT2D eigenvalue weighted by Crippen LogP contribution is -2.20. The fourth-order valence-corrected chi connectivity index (χ4v) is 2.67. The third kappa shape index (κ3) is 2.21. The number of imidazole rings is 1. The molecule has 0 radical (unpaired) electrons. The largest absolute Gasteiger partial charge is 0.492 e. The second-order valence-electron chi connectivity index (χ2n) is 4.62. The predicted molar refractivity (Wildman–Crippen MR) is 61.2 cm³/mol. The minimum Gasteiger partial charge on any atom is -0.492 e. The van der Waals surface area contributed by atoms with Crippen LogP contribution in [0.3, 0.4) is 0 Å². The fraction of sp³-hybridized carbons (Fsp3) is 0.750. The van der Waals surface area contributed by atoms with Crippen LogP contribution in [0.4, 0.5) is 0 Å². The van der Waals surface area contributed by atoms with Crippen LogP contribution in [0.5, 0.6) is 5.88 Å². The normalized spacial score (nSPS) is 19.9. The molecule has 1 N–H and O–H groups in total. The van der Waals surface area contributed by atoms with Crippen LogP contribution < -0.4 is 0 Å². The van der Waals surface area contributed by atoms with Gasteiger partial charge in [-0.3, -0.25) is 0 Å². The lowest BCUT2D eigenvalue weighted by atomic mass is 9.85. The molecule has 16 heavy (non-hydrogen) atoms. The zero-order chi connectivity index (χ0) is 11.5. The van der Waals surface area contributed by atoms with E-state index < -0.39 is 0 Å². The van der Waals surface area contributed by atoms with Crippen molar-refractivity contribution in [3.05, 3.63) is 12.0 Å². The van der Waals surface area contributed by atoms with Gasteiger partial charge in [-0.15, -0.1) is 0 Å². The first kappa shape index (κ1) is 11.5. The molecule has 1 saturated carbocycles. The molecular weight excluding hydrogens is 204 g/mol. The number of hydrogen-bond donors (Lipinski definition) is 1. The average Bonchev–Trinajstić information content (AvgIpc) is 2.61. The van der Waals surface area contributed by atoms with Gasteiger partial charge in [0.05, 0.1) is 6.20 Å². The maximum atomic E-state index is 9.39. The fourth-order valence-electron chi connectivity index (χ4n) is 2.67. The van der Waals surface area contributed by atoms with E-state index in [1.54, 1.807) is 13.3 Å². The van der Waals surface area contributed by atoms with Gasteiger partial charge in [0.2, 0.25) is 5.88 Å². The molecule has 1 aromatic heterocycles. The number of aromatic hydroxyl groups is 1. The van der Waals surface area contributed by atoms with E-state index in [4.69, 9.17) is 4.74 Å². The molecule has 1 atom stereocenters. The quantitative estimate of drug-likeness (QED) is 0.857. The van der Waals surface area contributed by atoms with Crippen molar-refractivity contribution in [2.75, 3.05) is 7.11 Å². The Hall–Kier alpha value is -1.03. The highest BCUT2D eigenvalue weighted by Gasteiger charge is 2.28. The van der Waals surface area contributed by atoms with Gasteiger partial charge in [-0.1, -0.05) is 19.3 Å². The Balaban J connectivity index is 2.17. The number of hydrogen-bond acceptors (Lipinski definition) is 3. The number of nitrogens with zero attached hydrogens (tertiary/aromatic N) is 2. The molecule has 2 rings (SSSR count). The lowest BCUT2D eigenvalue weighted by Gasteiger charge is -2.28. The van der Waals surface area contributed by atoms with E-state index in [1.807, 2.05) is 11.6 Å². The zero-order valence-corrected chi connectivity index (χ0v) is 10.0.